The zero-order chi connectivity index (χ0) is 15.1. The zero-order valence-electron chi connectivity index (χ0n) is 13.6. The molecule has 0 heterocycles. The highest BCUT2D eigenvalue weighted by molar-refractivity contribution is 5.29. The van der Waals surface area contributed by atoms with E-state index in [0.717, 1.165) is 18.7 Å². The highest BCUT2D eigenvalue weighted by Crippen LogP contribution is 2.24. The molecule has 0 aliphatic rings. The van der Waals surface area contributed by atoms with Gasteiger partial charge in [-0.25, -0.2) is 0 Å². The van der Waals surface area contributed by atoms with Crippen LogP contribution in [0.1, 0.15) is 52.6 Å². The fraction of sp³-hybridized carbons (Fsp3) is 0.647. The Bertz CT molecular complexity index is 373. The molecule has 0 aromatic heterocycles. The molecule has 1 rings (SSSR count). The standard InChI is InChI=1S/C17H30N2O/c1-6-11-19(13(2)3)17(12-18)15-7-9-16(10-8-15)20-14(4)5/h7-10,13-14,17H,6,11-12,18H2,1-5H3. The largest absolute Gasteiger partial charge is 0.491 e. The van der Waals surface area contributed by atoms with Crippen molar-refractivity contribution in [1.82, 2.24) is 4.90 Å². The van der Waals surface area contributed by atoms with Crippen molar-refractivity contribution in [3.63, 3.8) is 0 Å². The van der Waals surface area contributed by atoms with Crippen molar-refractivity contribution in [2.45, 2.75) is 59.2 Å². The zero-order valence-corrected chi connectivity index (χ0v) is 13.6. The van der Waals surface area contributed by atoms with E-state index < -0.39 is 0 Å². The average molecular weight is 278 g/mol. The summed E-state index contributed by atoms with van der Waals surface area (Å²) in [5.74, 6) is 0.922. The number of hydrogen-bond acceptors (Lipinski definition) is 3. The predicted molar refractivity (Wildman–Crippen MR) is 86.1 cm³/mol. The summed E-state index contributed by atoms with van der Waals surface area (Å²) in [7, 11) is 0. The third kappa shape index (κ3) is 4.80. The summed E-state index contributed by atoms with van der Waals surface area (Å²) < 4.78 is 5.69. The van der Waals surface area contributed by atoms with Crippen LogP contribution in [0.25, 0.3) is 0 Å². The van der Waals surface area contributed by atoms with E-state index in [4.69, 9.17) is 10.5 Å². The highest BCUT2D eigenvalue weighted by atomic mass is 16.5. The van der Waals surface area contributed by atoms with Gasteiger partial charge in [0.15, 0.2) is 0 Å². The highest BCUT2D eigenvalue weighted by Gasteiger charge is 2.20. The minimum absolute atomic E-state index is 0.207. The van der Waals surface area contributed by atoms with Crippen LogP contribution in [-0.2, 0) is 0 Å². The molecule has 1 aromatic carbocycles. The van der Waals surface area contributed by atoms with Gasteiger partial charge in [-0.2, -0.15) is 0 Å². The quantitative estimate of drug-likeness (QED) is 0.789. The maximum atomic E-state index is 6.02. The first-order chi connectivity index (χ1) is 9.49. The number of hydrogen-bond donors (Lipinski definition) is 1. The Morgan fingerprint density at radius 2 is 1.70 bits per heavy atom. The average Bonchev–Trinajstić information content (AvgIpc) is 2.39. The van der Waals surface area contributed by atoms with E-state index in [1.54, 1.807) is 0 Å². The van der Waals surface area contributed by atoms with Crippen molar-refractivity contribution in [3.05, 3.63) is 29.8 Å². The Balaban J connectivity index is 2.88. The molecule has 0 aliphatic heterocycles. The molecular weight excluding hydrogens is 248 g/mol. The molecule has 0 saturated carbocycles. The van der Waals surface area contributed by atoms with E-state index in [2.05, 4.69) is 37.8 Å². The van der Waals surface area contributed by atoms with Gasteiger partial charge in [0.1, 0.15) is 5.75 Å². The van der Waals surface area contributed by atoms with Gasteiger partial charge in [-0.15, -0.1) is 0 Å². The first kappa shape index (κ1) is 17.0. The third-order valence-electron chi connectivity index (χ3n) is 3.41. The van der Waals surface area contributed by atoms with Crippen LogP contribution in [0.3, 0.4) is 0 Å². The first-order valence-corrected chi connectivity index (χ1v) is 7.72. The van der Waals surface area contributed by atoms with Crippen LogP contribution in [0.15, 0.2) is 24.3 Å². The van der Waals surface area contributed by atoms with Crippen LogP contribution >= 0.6 is 0 Å². The third-order valence-corrected chi connectivity index (χ3v) is 3.41. The topological polar surface area (TPSA) is 38.5 Å². The Morgan fingerprint density at radius 3 is 2.10 bits per heavy atom. The number of rotatable bonds is 8. The Labute approximate surface area is 124 Å². The monoisotopic (exact) mass is 278 g/mol. The van der Waals surface area contributed by atoms with Crippen molar-refractivity contribution in [3.8, 4) is 5.75 Å². The van der Waals surface area contributed by atoms with Crippen molar-refractivity contribution in [1.29, 1.82) is 0 Å². The van der Waals surface area contributed by atoms with Gasteiger partial charge in [0.2, 0.25) is 0 Å². The Morgan fingerprint density at radius 1 is 1.10 bits per heavy atom. The molecule has 0 radical (unpaired) electrons. The normalized spacial score (nSPS) is 13.2. The second-order valence-corrected chi connectivity index (χ2v) is 5.82. The smallest absolute Gasteiger partial charge is 0.119 e. The molecule has 0 spiro atoms. The van der Waals surface area contributed by atoms with Gasteiger partial charge < -0.3 is 10.5 Å². The van der Waals surface area contributed by atoms with Crippen molar-refractivity contribution in [2.24, 2.45) is 5.73 Å². The summed E-state index contributed by atoms with van der Waals surface area (Å²) in [6.45, 7) is 12.5. The van der Waals surface area contributed by atoms with E-state index in [0.29, 0.717) is 12.6 Å². The van der Waals surface area contributed by atoms with E-state index in [1.807, 2.05) is 26.0 Å². The second kappa shape index (κ2) is 8.28. The molecule has 1 aromatic rings. The van der Waals surface area contributed by atoms with Gasteiger partial charge in [-0.3, -0.25) is 4.90 Å². The molecule has 114 valence electrons. The molecule has 0 amide bonds. The van der Waals surface area contributed by atoms with Gasteiger partial charge in [0.25, 0.3) is 0 Å². The maximum absolute atomic E-state index is 6.02. The van der Waals surface area contributed by atoms with Gasteiger partial charge in [-0.05, 0) is 58.4 Å². The lowest BCUT2D eigenvalue weighted by molar-refractivity contribution is 0.157. The summed E-state index contributed by atoms with van der Waals surface area (Å²) in [6.07, 6.45) is 1.35. The molecule has 0 saturated heterocycles. The number of benzene rings is 1. The second-order valence-electron chi connectivity index (χ2n) is 5.82. The van der Waals surface area contributed by atoms with Crippen LogP contribution in [0.5, 0.6) is 5.75 Å². The molecule has 20 heavy (non-hydrogen) atoms. The summed E-state index contributed by atoms with van der Waals surface area (Å²) >= 11 is 0. The van der Waals surface area contributed by atoms with Gasteiger partial charge >= 0.3 is 0 Å². The number of nitrogens with two attached hydrogens (primary N) is 1. The van der Waals surface area contributed by atoms with Gasteiger partial charge in [0.05, 0.1) is 6.10 Å². The lowest BCUT2D eigenvalue weighted by Gasteiger charge is -2.34. The molecule has 0 aliphatic carbocycles. The molecule has 1 unspecified atom stereocenters. The van der Waals surface area contributed by atoms with Crippen LogP contribution in [-0.4, -0.2) is 30.1 Å². The number of nitrogens with zero attached hydrogens (tertiary/aromatic N) is 1. The number of ether oxygens (including phenoxy) is 1. The SMILES string of the molecule is CCCN(C(C)C)C(CN)c1ccc(OC(C)C)cc1. The molecule has 2 N–H and O–H groups in total. The predicted octanol–water partition coefficient (Wildman–Crippen LogP) is 3.59. The van der Waals surface area contributed by atoms with E-state index in [-0.39, 0.29) is 12.1 Å². The summed E-state index contributed by atoms with van der Waals surface area (Å²) in [5.41, 5.74) is 7.29. The van der Waals surface area contributed by atoms with Gasteiger partial charge in [0, 0.05) is 18.6 Å². The van der Waals surface area contributed by atoms with Crippen LogP contribution in [0.2, 0.25) is 0 Å². The molecule has 0 bridgehead atoms. The van der Waals surface area contributed by atoms with E-state index >= 15 is 0 Å². The van der Waals surface area contributed by atoms with Gasteiger partial charge in [-0.1, -0.05) is 19.1 Å². The lowest BCUT2D eigenvalue weighted by atomic mass is 10.0. The van der Waals surface area contributed by atoms with Crippen molar-refractivity contribution < 1.29 is 4.74 Å². The molecule has 3 nitrogen and oxygen atoms in total. The summed E-state index contributed by atoms with van der Waals surface area (Å²) in [4.78, 5) is 2.47. The lowest BCUT2D eigenvalue weighted by Crippen LogP contribution is -2.39. The van der Waals surface area contributed by atoms with Crippen LogP contribution in [0.4, 0.5) is 0 Å². The fourth-order valence-electron chi connectivity index (χ4n) is 2.54. The van der Waals surface area contributed by atoms with E-state index in [9.17, 15) is 0 Å². The molecule has 1 atom stereocenters. The first-order valence-electron chi connectivity index (χ1n) is 7.72. The minimum atomic E-state index is 0.207. The van der Waals surface area contributed by atoms with E-state index in [1.165, 1.54) is 5.56 Å². The van der Waals surface area contributed by atoms with Crippen molar-refractivity contribution in [2.75, 3.05) is 13.1 Å². The summed E-state index contributed by atoms with van der Waals surface area (Å²) in [6, 6.07) is 9.14. The maximum Gasteiger partial charge on any atom is 0.119 e. The molecule has 3 heteroatoms. The molecular formula is C17H30N2O. The van der Waals surface area contributed by atoms with Crippen molar-refractivity contribution >= 4 is 0 Å². The molecule has 0 fully saturated rings. The summed E-state index contributed by atoms with van der Waals surface area (Å²) in [5, 5.41) is 0. The Kier molecular flexibility index (Phi) is 7.03. The fourth-order valence-corrected chi connectivity index (χ4v) is 2.54. The van der Waals surface area contributed by atoms with Crippen LogP contribution in [0, 0.1) is 0 Å². The minimum Gasteiger partial charge on any atom is -0.491 e. The van der Waals surface area contributed by atoms with Crippen LogP contribution < -0.4 is 10.5 Å². The Hall–Kier alpha value is -1.06.